The van der Waals surface area contributed by atoms with Crippen molar-refractivity contribution in [3.8, 4) is 0 Å². The number of fused-ring (bicyclic) bond motifs is 1. The summed E-state index contributed by atoms with van der Waals surface area (Å²) < 4.78 is 6.10. The van der Waals surface area contributed by atoms with Gasteiger partial charge in [0.15, 0.2) is 0 Å². The quantitative estimate of drug-likeness (QED) is 0.820. The molecule has 0 bridgehead atoms. The lowest BCUT2D eigenvalue weighted by Gasteiger charge is -2.34. The fourth-order valence-electron chi connectivity index (χ4n) is 3.30. The molecule has 2 aliphatic rings. The van der Waals surface area contributed by atoms with Gasteiger partial charge in [-0.15, -0.1) is 11.3 Å². The number of thiazole rings is 1. The van der Waals surface area contributed by atoms with E-state index >= 15 is 0 Å². The van der Waals surface area contributed by atoms with Crippen molar-refractivity contribution in [3.05, 3.63) is 15.6 Å². The van der Waals surface area contributed by atoms with Crippen LogP contribution in [0.25, 0.3) is 0 Å². The van der Waals surface area contributed by atoms with Crippen LogP contribution in [0.2, 0.25) is 0 Å². The molecular formula is C16H27N3OS. The molecule has 0 spiro atoms. The summed E-state index contributed by atoms with van der Waals surface area (Å²) in [7, 11) is 0. The highest BCUT2D eigenvalue weighted by Gasteiger charge is 2.34. The third-order valence-corrected chi connectivity index (χ3v) is 5.70. The average molecular weight is 309 g/mol. The molecule has 1 N–H and O–H groups in total. The maximum absolute atomic E-state index is 6.10. The van der Waals surface area contributed by atoms with E-state index in [1.54, 1.807) is 0 Å². The van der Waals surface area contributed by atoms with Crippen molar-refractivity contribution >= 4 is 11.3 Å². The largest absolute Gasteiger partial charge is 0.368 e. The molecule has 2 atom stereocenters. The number of hydrogen-bond donors (Lipinski definition) is 1. The Morgan fingerprint density at radius 3 is 3.14 bits per heavy atom. The molecule has 5 heteroatoms. The van der Waals surface area contributed by atoms with Crippen molar-refractivity contribution < 1.29 is 4.74 Å². The molecule has 3 heterocycles. The van der Waals surface area contributed by atoms with Crippen molar-refractivity contribution in [1.82, 2.24) is 15.2 Å². The third-order valence-electron chi connectivity index (χ3n) is 4.51. The first-order chi connectivity index (χ1) is 10.3. The van der Waals surface area contributed by atoms with Gasteiger partial charge in [-0.1, -0.05) is 13.8 Å². The summed E-state index contributed by atoms with van der Waals surface area (Å²) in [6.45, 7) is 9.58. The van der Waals surface area contributed by atoms with Gasteiger partial charge in [-0.2, -0.15) is 0 Å². The zero-order valence-corrected chi connectivity index (χ0v) is 14.0. The summed E-state index contributed by atoms with van der Waals surface area (Å²) in [4.78, 5) is 8.86. The first-order valence-electron chi connectivity index (χ1n) is 8.36. The Morgan fingerprint density at radius 2 is 2.33 bits per heavy atom. The SMILES string of the molecule is CCCNCc1sc(C2CN3CCCC3CO2)nc1CC. The Balaban J connectivity index is 1.67. The summed E-state index contributed by atoms with van der Waals surface area (Å²) >= 11 is 1.85. The molecule has 3 rings (SSSR count). The molecule has 0 amide bonds. The Hall–Kier alpha value is -0.490. The second kappa shape index (κ2) is 7.18. The van der Waals surface area contributed by atoms with E-state index in [4.69, 9.17) is 9.72 Å². The molecule has 1 aromatic rings. The van der Waals surface area contributed by atoms with Crippen molar-refractivity contribution in [1.29, 1.82) is 0 Å². The number of nitrogens with zero attached hydrogens (tertiary/aromatic N) is 2. The number of aromatic nitrogens is 1. The molecule has 0 aromatic carbocycles. The van der Waals surface area contributed by atoms with E-state index in [-0.39, 0.29) is 6.10 Å². The van der Waals surface area contributed by atoms with Crippen molar-refractivity contribution in [2.45, 2.75) is 58.2 Å². The van der Waals surface area contributed by atoms with E-state index in [2.05, 4.69) is 24.1 Å². The minimum absolute atomic E-state index is 0.189. The zero-order chi connectivity index (χ0) is 14.7. The second-order valence-electron chi connectivity index (χ2n) is 6.07. The van der Waals surface area contributed by atoms with Gasteiger partial charge in [0, 0.05) is 24.0 Å². The fraction of sp³-hybridized carbons (Fsp3) is 0.812. The molecule has 0 saturated carbocycles. The number of aryl methyl sites for hydroxylation is 1. The van der Waals surface area contributed by atoms with Gasteiger partial charge in [0.25, 0.3) is 0 Å². The maximum atomic E-state index is 6.10. The van der Waals surface area contributed by atoms with Gasteiger partial charge in [-0.3, -0.25) is 4.90 Å². The topological polar surface area (TPSA) is 37.4 Å². The van der Waals surface area contributed by atoms with Crippen LogP contribution < -0.4 is 5.32 Å². The van der Waals surface area contributed by atoms with Gasteiger partial charge in [0.1, 0.15) is 11.1 Å². The lowest BCUT2D eigenvalue weighted by atomic mass is 10.2. The van der Waals surface area contributed by atoms with Crippen molar-refractivity contribution in [3.63, 3.8) is 0 Å². The third kappa shape index (κ3) is 3.47. The summed E-state index contributed by atoms with van der Waals surface area (Å²) in [6, 6.07) is 0.664. The second-order valence-corrected chi connectivity index (χ2v) is 7.18. The summed E-state index contributed by atoms with van der Waals surface area (Å²) in [5.74, 6) is 0. The van der Waals surface area contributed by atoms with E-state index in [1.807, 2.05) is 11.3 Å². The van der Waals surface area contributed by atoms with Crippen molar-refractivity contribution in [2.75, 3.05) is 26.2 Å². The number of nitrogens with one attached hydrogen (secondary N) is 1. The van der Waals surface area contributed by atoms with E-state index < -0.39 is 0 Å². The van der Waals surface area contributed by atoms with Gasteiger partial charge in [-0.05, 0) is 38.8 Å². The Bertz CT molecular complexity index is 462. The summed E-state index contributed by atoms with van der Waals surface area (Å²) in [5, 5.41) is 4.68. The molecule has 0 aliphatic carbocycles. The van der Waals surface area contributed by atoms with Crippen LogP contribution >= 0.6 is 11.3 Å². The van der Waals surface area contributed by atoms with Crippen LogP contribution in [0.3, 0.4) is 0 Å². The number of ether oxygens (including phenoxy) is 1. The molecule has 21 heavy (non-hydrogen) atoms. The Labute approximate surface area is 131 Å². The Morgan fingerprint density at radius 1 is 1.43 bits per heavy atom. The van der Waals surface area contributed by atoms with Crippen LogP contribution in [0.1, 0.15) is 54.8 Å². The number of rotatable bonds is 6. The highest BCUT2D eigenvalue weighted by atomic mass is 32.1. The van der Waals surface area contributed by atoms with Crippen LogP contribution in [0.4, 0.5) is 0 Å². The van der Waals surface area contributed by atoms with Crippen LogP contribution in [-0.2, 0) is 17.7 Å². The highest BCUT2D eigenvalue weighted by Crippen LogP contribution is 2.33. The van der Waals surface area contributed by atoms with Crippen LogP contribution in [-0.4, -0.2) is 42.2 Å². The average Bonchev–Trinajstić information content (AvgIpc) is 3.13. The molecule has 118 valence electrons. The molecule has 2 aliphatic heterocycles. The van der Waals surface area contributed by atoms with E-state index in [1.165, 1.54) is 41.4 Å². The number of hydrogen-bond acceptors (Lipinski definition) is 5. The zero-order valence-electron chi connectivity index (χ0n) is 13.2. The molecule has 2 saturated heterocycles. The van der Waals surface area contributed by atoms with Gasteiger partial charge in [0.2, 0.25) is 0 Å². The molecule has 2 fully saturated rings. The molecule has 4 nitrogen and oxygen atoms in total. The number of morpholine rings is 1. The first-order valence-corrected chi connectivity index (χ1v) is 9.18. The predicted octanol–water partition coefficient (Wildman–Crippen LogP) is 2.74. The van der Waals surface area contributed by atoms with Crippen LogP contribution in [0.15, 0.2) is 0 Å². The minimum atomic E-state index is 0.189. The fourth-order valence-corrected chi connectivity index (χ4v) is 4.46. The van der Waals surface area contributed by atoms with Crippen LogP contribution in [0.5, 0.6) is 0 Å². The Kier molecular flexibility index (Phi) is 5.27. The molecular weight excluding hydrogens is 282 g/mol. The van der Waals surface area contributed by atoms with Crippen LogP contribution in [0, 0.1) is 0 Å². The molecule has 1 aromatic heterocycles. The van der Waals surface area contributed by atoms with Gasteiger partial charge < -0.3 is 10.1 Å². The van der Waals surface area contributed by atoms with Gasteiger partial charge in [0.05, 0.1) is 12.3 Å². The molecule has 2 unspecified atom stereocenters. The lowest BCUT2D eigenvalue weighted by Crippen LogP contribution is -2.42. The van der Waals surface area contributed by atoms with Gasteiger partial charge >= 0.3 is 0 Å². The normalized spacial score (nSPS) is 26.2. The summed E-state index contributed by atoms with van der Waals surface area (Å²) in [5.41, 5.74) is 1.26. The predicted molar refractivity (Wildman–Crippen MR) is 86.8 cm³/mol. The highest BCUT2D eigenvalue weighted by molar-refractivity contribution is 7.11. The lowest BCUT2D eigenvalue weighted by molar-refractivity contribution is -0.0502. The standard InChI is InChI=1S/C16H27N3OS/c1-3-7-17-9-15-13(4-2)18-16(21-15)14-10-19-8-5-6-12(19)11-20-14/h12,14,17H,3-11H2,1-2H3. The van der Waals surface area contributed by atoms with E-state index in [9.17, 15) is 0 Å². The van der Waals surface area contributed by atoms with Gasteiger partial charge in [-0.25, -0.2) is 4.98 Å². The van der Waals surface area contributed by atoms with E-state index in [0.29, 0.717) is 6.04 Å². The first kappa shape index (κ1) is 15.4. The molecule has 0 radical (unpaired) electrons. The van der Waals surface area contributed by atoms with E-state index in [0.717, 1.165) is 32.7 Å². The maximum Gasteiger partial charge on any atom is 0.123 e. The summed E-state index contributed by atoms with van der Waals surface area (Å²) in [6.07, 6.45) is 5.00. The van der Waals surface area contributed by atoms with Crippen molar-refractivity contribution in [2.24, 2.45) is 0 Å². The monoisotopic (exact) mass is 309 g/mol. The minimum Gasteiger partial charge on any atom is -0.368 e. The smallest absolute Gasteiger partial charge is 0.123 e.